The average molecular weight is 257 g/mol. The van der Waals surface area contributed by atoms with E-state index in [1.54, 1.807) is 0 Å². The molecular formula is C14H27NO3. The minimum Gasteiger partial charge on any atom is -0.364 e. The van der Waals surface area contributed by atoms with Gasteiger partial charge in [0.15, 0.2) is 5.79 Å². The zero-order valence-electron chi connectivity index (χ0n) is 12.7. The highest BCUT2D eigenvalue weighted by Gasteiger charge is 2.53. The lowest BCUT2D eigenvalue weighted by Gasteiger charge is -2.35. The molecule has 4 heteroatoms. The first-order chi connectivity index (χ1) is 7.79. The van der Waals surface area contributed by atoms with Gasteiger partial charge in [0.25, 0.3) is 0 Å². The number of aliphatic hydroxyl groups is 1. The van der Waals surface area contributed by atoms with E-state index in [1.807, 2.05) is 48.5 Å². The molecule has 1 rings (SSSR count). The number of rotatable bonds is 2. The molecule has 0 aromatic rings. The molecule has 0 aromatic heterocycles. The van der Waals surface area contributed by atoms with Crippen molar-refractivity contribution in [1.82, 2.24) is 5.48 Å². The Kier molecular flexibility index (Phi) is 3.72. The van der Waals surface area contributed by atoms with Crippen LogP contribution in [-0.4, -0.2) is 22.2 Å². The van der Waals surface area contributed by atoms with E-state index in [-0.39, 0.29) is 11.2 Å². The Morgan fingerprint density at radius 1 is 1.28 bits per heavy atom. The van der Waals surface area contributed by atoms with Gasteiger partial charge in [-0.15, -0.1) is 0 Å². The summed E-state index contributed by atoms with van der Waals surface area (Å²) in [5.41, 5.74) is 1.59. The summed E-state index contributed by atoms with van der Waals surface area (Å²) in [5.74, 6) is -1.07. The molecule has 2 atom stereocenters. The lowest BCUT2D eigenvalue weighted by Crippen LogP contribution is -2.44. The highest BCUT2D eigenvalue weighted by Crippen LogP contribution is 2.43. The van der Waals surface area contributed by atoms with Crippen LogP contribution in [0.25, 0.3) is 0 Å². The normalized spacial score (nSPS) is 33.8. The fourth-order valence-corrected chi connectivity index (χ4v) is 1.95. The molecule has 1 aliphatic heterocycles. The number of hydrogen-bond donors (Lipinski definition) is 2. The van der Waals surface area contributed by atoms with Gasteiger partial charge in [-0.3, -0.25) is 9.63 Å². The maximum absolute atomic E-state index is 12.1. The molecule has 1 aliphatic rings. The molecule has 0 bridgehead atoms. The minimum atomic E-state index is -1.24. The van der Waals surface area contributed by atoms with Crippen LogP contribution in [0.5, 0.6) is 0 Å². The fraction of sp³-hybridized carbons (Fsp3) is 0.929. The number of ketones is 1. The summed E-state index contributed by atoms with van der Waals surface area (Å²) in [4.78, 5) is 17.5. The van der Waals surface area contributed by atoms with Crippen LogP contribution in [-0.2, 0) is 9.63 Å². The van der Waals surface area contributed by atoms with Crippen LogP contribution in [0.3, 0.4) is 0 Å². The van der Waals surface area contributed by atoms with Crippen molar-refractivity contribution in [3.8, 4) is 0 Å². The maximum atomic E-state index is 12.1. The maximum Gasteiger partial charge on any atom is 0.191 e. The molecule has 0 spiro atoms. The van der Waals surface area contributed by atoms with Crippen LogP contribution >= 0.6 is 0 Å². The van der Waals surface area contributed by atoms with Gasteiger partial charge in [0.1, 0.15) is 5.78 Å². The van der Waals surface area contributed by atoms with Gasteiger partial charge in [0, 0.05) is 23.7 Å². The fourth-order valence-electron chi connectivity index (χ4n) is 1.95. The molecule has 0 amide bonds. The smallest absolute Gasteiger partial charge is 0.191 e. The molecule has 1 heterocycles. The van der Waals surface area contributed by atoms with Crippen LogP contribution in [0.15, 0.2) is 0 Å². The summed E-state index contributed by atoms with van der Waals surface area (Å²) >= 11 is 0. The van der Waals surface area contributed by atoms with Gasteiger partial charge in [0.2, 0.25) is 0 Å². The van der Waals surface area contributed by atoms with Gasteiger partial charge >= 0.3 is 0 Å². The van der Waals surface area contributed by atoms with E-state index >= 15 is 0 Å². The van der Waals surface area contributed by atoms with E-state index < -0.39 is 16.7 Å². The predicted octanol–water partition coefficient (Wildman–Crippen LogP) is 2.41. The molecule has 0 saturated carbocycles. The standard InChI is InChI=1S/C14H27NO3/c1-11(2,3)10(16)8-13(7)9-14(17,18-15-13)12(4,5)6/h15,17H,8-9H2,1-7H3/t13-,14+/m0/s1. The largest absolute Gasteiger partial charge is 0.364 e. The Hall–Kier alpha value is -0.450. The minimum absolute atomic E-state index is 0.166. The lowest BCUT2D eigenvalue weighted by molar-refractivity contribution is -0.257. The van der Waals surface area contributed by atoms with Crippen molar-refractivity contribution in [2.75, 3.05) is 0 Å². The molecule has 0 unspecified atom stereocenters. The molecule has 106 valence electrons. The first-order valence-corrected chi connectivity index (χ1v) is 6.50. The SMILES string of the molecule is CC(C)(C)C(=O)C[C@@]1(C)C[C@](O)(C(C)(C)C)ON1. The lowest BCUT2D eigenvalue weighted by atomic mass is 9.75. The van der Waals surface area contributed by atoms with Crippen LogP contribution in [0.2, 0.25) is 0 Å². The topological polar surface area (TPSA) is 58.6 Å². The highest BCUT2D eigenvalue weighted by atomic mass is 16.8. The molecule has 0 aliphatic carbocycles. The third-order valence-corrected chi connectivity index (χ3v) is 3.66. The van der Waals surface area contributed by atoms with Crippen molar-refractivity contribution in [3.05, 3.63) is 0 Å². The first kappa shape index (κ1) is 15.6. The number of Topliss-reactive ketones (excluding diaryl/α,β-unsaturated/α-hetero) is 1. The Balaban J connectivity index is 2.79. The quantitative estimate of drug-likeness (QED) is 0.797. The van der Waals surface area contributed by atoms with Crippen molar-refractivity contribution in [2.24, 2.45) is 10.8 Å². The number of carbonyl (C=O) groups excluding carboxylic acids is 1. The number of carbonyl (C=O) groups is 1. The molecule has 18 heavy (non-hydrogen) atoms. The van der Waals surface area contributed by atoms with Gasteiger partial charge in [-0.2, -0.15) is 5.48 Å². The zero-order chi connectivity index (χ0) is 14.4. The molecule has 2 N–H and O–H groups in total. The van der Waals surface area contributed by atoms with Gasteiger partial charge in [-0.05, 0) is 6.92 Å². The van der Waals surface area contributed by atoms with Crippen molar-refractivity contribution < 1.29 is 14.7 Å². The molecule has 0 aromatic carbocycles. The van der Waals surface area contributed by atoms with E-state index in [4.69, 9.17) is 4.84 Å². The Labute approximate surface area is 110 Å². The Morgan fingerprint density at radius 3 is 2.11 bits per heavy atom. The molecule has 1 fully saturated rings. The first-order valence-electron chi connectivity index (χ1n) is 6.50. The van der Waals surface area contributed by atoms with Crippen molar-refractivity contribution in [2.45, 2.75) is 72.6 Å². The predicted molar refractivity (Wildman–Crippen MR) is 70.7 cm³/mol. The number of nitrogens with one attached hydrogen (secondary N) is 1. The van der Waals surface area contributed by atoms with Crippen molar-refractivity contribution in [1.29, 1.82) is 0 Å². The van der Waals surface area contributed by atoms with Crippen molar-refractivity contribution in [3.63, 3.8) is 0 Å². The third kappa shape index (κ3) is 3.11. The molecule has 0 radical (unpaired) electrons. The molecule has 4 nitrogen and oxygen atoms in total. The van der Waals surface area contributed by atoms with E-state index in [9.17, 15) is 9.90 Å². The van der Waals surface area contributed by atoms with Gasteiger partial charge in [0.05, 0.1) is 5.54 Å². The second-order valence-corrected chi connectivity index (χ2v) is 7.83. The number of hydrogen-bond acceptors (Lipinski definition) is 4. The zero-order valence-corrected chi connectivity index (χ0v) is 12.7. The highest BCUT2D eigenvalue weighted by molar-refractivity contribution is 5.84. The summed E-state index contributed by atoms with van der Waals surface area (Å²) in [6.45, 7) is 13.4. The van der Waals surface area contributed by atoms with Gasteiger partial charge in [-0.25, -0.2) is 0 Å². The van der Waals surface area contributed by atoms with Gasteiger partial charge < -0.3 is 5.11 Å². The van der Waals surface area contributed by atoms with Crippen LogP contribution in [0, 0.1) is 10.8 Å². The summed E-state index contributed by atoms with van der Waals surface area (Å²) in [5, 5.41) is 10.5. The van der Waals surface area contributed by atoms with E-state index in [2.05, 4.69) is 5.48 Å². The second-order valence-electron chi connectivity index (χ2n) is 7.83. The molecular weight excluding hydrogens is 230 g/mol. The third-order valence-electron chi connectivity index (χ3n) is 3.66. The average Bonchev–Trinajstić information content (AvgIpc) is 2.40. The van der Waals surface area contributed by atoms with Crippen LogP contribution < -0.4 is 5.48 Å². The second kappa shape index (κ2) is 4.29. The van der Waals surface area contributed by atoms with E-state index in [0.29, 0.717) is 12.8 Å². The van der Waals surface area contributed by atoms with Crippen LogP contribution in [0.1, 0.15) is 61.3 Å². The summed E-state index contributed by atoms with van der Waals surface area (Å²) in [6, 6.07) is 0. The Bertz CT molecular complexity index is 340. The summed E-state index contributed by atoms with van der Waals surface area (Å²) in [6.07, 6.45) is 0.764. The summed E-state index contributed by atoms with van der Waals surface area (Å²) in [7, 11) is 0. The van der Waals surface area contributed by atoms with E-state index in [0.717, 1.165) is 0 Å². The Morgan fingerprint density at radius 2 is 1.78 bits per heavy atom. The van der Waals surface area contributed by atoms with Crippen LogP contribution in [0.4, 0.5) is 0 Å². The monoisotopic (exact) mass is 257 g/mol. The van der Waals surface area contributed by atoms with E-state index in [1.165, 1.54) is 0 Å². The molecule has 1 saturated heterocycles. The number of hydroxylamine groups is 1. The van der Waals surface area contributed by atoms with Gasteiger partial charge in [-0.1, -0.05) is 41.5 Å². The van der Waals surface area contributed by atoms with Crippen molar-refractivity contribution >= 4 is 5.78 Å². The summed E-state index contributed by atoms with van der Waals surface area (Å²) < 4.78 is 0.